The Morgan fingerprint density at radius 3 is 2.08 bits per heavy atom. The lowest BCUT2D eigenvalue weighted by Crippen LogP contribution is -2.37. The van der Waals surface area contributed by atoms with Crippen molar-refractivity contribution in [3.63, 3.8) is 0 Å². The van der Waals surface area contributed by atoms with E-state index in [0.717, 1.165) is 5.56 Å². The fourth-order valence-corrected chi connectivity index (χ4v) is 1.93. The quantitative estimate of drug-likeness (QED) is 0.618. The molecule has 0 atom stereocenters. The first-order chi connectivity index (χ1) is 11.8. The Bertz CT molecular complexity index is 567. The maximum Gasteiger partial charge on any atom is 0.407 e. The first-order valence-corrected chi connectivity index (χ1v) is 8.30. The average Bonchev–Trinajstić information content (AvgIpc) is 2.51. The number of ether oxygens (including phenoxy) is 1. The topological polar surface area (TPSA) is 96.5 Å². The standard InChI is InChI=1S/C18H27N3O4/c1-18(2,3)25-17(24)21-10-9-15(22)19-11-12-20-16(23)13-14-7-5-4-6-8-14/h4-8H,9-13H2,1-3H3,(H,19,22)(H,20,23)(H,21,24). The summed E-state index contributed by atoms with van der Waals surface area (Å²) < 4.78 is 5.06. The van der Waals surface area contributed by atoms with Gasteiger partial charge in [-0.25, -0.2) is 4.79 Å². The van der Waals surface area contributed by atoms with Gasteiger partial charge in [-0.2, -0.15) is 0 Å². The van der Waals surface area contributed by atoms with Crippen LogP contribution in [0.15, 0.2) is 30.3 Å². The normalized spacial score (nSPS) is 10.7. The van der Waals surface area contributed by atoms with Crippen molar-refractivity contribution in [3.8, 4) is 0 Å². The molecule has 0 aromatic heterocycles. The summed E-state index contributed by atoms with van der Waals surface area (Å²) in [7, 11) is 0. The van der Waals surface area contributed by atoms with Gasteiger partial charge in [-0.3, -0.25) is 9.59 Å². The fourth-order valence-electron chi connectivity index (χ4n) is 1.93. The summed E-state index contributed by atoms with van der Waals surface area (Å²) >= 11 is 0. The van der Waals surface area contributed by atoms with Crippen molar-refractivity contribution in [1.29, 1.82) is 0 Å². The van der Waals surface area contributed by atoms with E-state index in [1.807, 2.05) is 30.3 Å². The third-order valence-electron chi connectivity index (χ3n) is 3.00. The molecule has 3 N–H and O–H groups in total. The SMILES string of the molecule is CC(C)(C)OC(=O)NCCC(=O)NCCNC(=O)Cc1ccccc1. The predicted molar refractivity (Wildman–Crippen MR) is 95.0 cm³/mol. The van der Waals surface area contributed by atoms with E-state index in [-0.39, 0.29) is 24.8 Å². The number of amides is 3. The van der Waals surface area contributed by atoms with Crippen molar-refractivity contribution in [1.82, 2.24) is 16.0 Å². The number of carbonyl (C=O) groups excluding carboxylic acids is 3. The molecule has 3 amide bonds. The molecule has 0 bridgehead atoms. The zero-order valence-electron chi connectivity index (χ0n) is 15.1. The summed E-state index contributed by atoms with van der Waals surface area (Å²) in [6.07, 6.45) is -0.0836. The molecule has 1 rings (SSSR count). The Morgan fingerprint density at radius 1 is 0.880 bits per heavy atom. The third-order valence-corrected chi connectivity index (χ3v) is 3.00. The van der Waals surface area contributed by atoms with Crippen LogP contribution in [0.5, 0.6) is 0 Å². The second kappa shape index (κ2) is 10.3. The molecule has 0 saturated heterocycles. The van der Waals surface area contributed by atoms with Crippen molar-refractivity contribution >= 4 is 17.9 Å². The second-order valence-electron chi connectivity index (χ2n) is 6.54. The largest absolute Gasteiger partial charge is 0.444 e. The van der Waals surface area contributed by atoms with Gasteiger partial charge in [-0.1, -0.05) is 30.3 Å². The molecule has 0 aliphatic heterocycles. The summed E-state index contributed by atoms with van der Waals surface area (Å²) in [5.41, 5.74) is 0.377. The smallest absolute Gasteiger partial charge is 0.407 e. The van der Waals surface area contributed by atoms with Gasteiger partial charge in [-0.05, 0) is 26.3 Å². The van der Waals surface area contributed by atoms with Gasteiger partial charge in [0.25, 0.3) is 0 Å². The fraction of sp³-hybridized carbons (Fsp3) is 0.500. The summed E-state index contributed by atoms with van der Waals surface area (Å²) in [4.78, 5) is 34.8. The molecule has 7 nitrogen and oxygen atoms in total. The molecule has 0 aliphatic carbocycles. The second-order valence-corrected chi connectivity index (χ2v) is 6.54. The van der Waals surface area contributed by atoms with E-state index in [0.29, 0.717) is 19.5 Å². The van der Waals surface area contributed by atoms with Gasteiger partial charge >= 0.3 is 6.09 Å². The molecule has 1 aromatic carbocycles. The first kappa shape index (κ1) is 20.5. The lowest BCUT2D eigenvalue weighted by molar-refractivity contribution is -0.122. The van der Waals surface area contributed by atoms with E-state index in [1.165, 1.54) is 0 Å². The van der Waals surface area contributed by atoms with Gasteiger partial charge in [0.15, 0.2) is 0 Å². The Balaban J connectivity index is 2.07. The van der Waals surface area contributed by atoms with E-state index >= 15 is 0 Å². The molecule has 0 unspecified atom stereocenters. The van der Waals surface area contributed by atoms with E-state index in [9.17, 15) is 14.4 Å². The van der Waals surface area contributed by atoms with Gasteiger partial charge in [0, 0.05) is 26.1 Å². The molecule has 7 heteroatoms. The number of hydrogen-bond acceptors (Lipinski definition) is 4. The number of carbonyl (C=O) groups is 3. The van der Waals surface area contributed by atoms with Crippen LogP contribution in [-0.4, -0.2) is 43.1 Å². The molecular formula is C18H27N3O4. The minimum atomic E-state index is -0.565. The first-order valence-electron chi connectivity index (χ1n) is 8.30. The van der Waals surface area contributed by atoms with E-state index in [4.69, 9.17) is 4.74 Å². The Kier molecular flexibility index (Phi) is 8.46. The maximum absolute atomic E-state index is 11.7. The molecule has 0 fully saturated rings. The Morgan fingerprint density at radius 2 is 1.48 bits per heavy atom. The van der Waals surface area contributed by atoms with Crippen molar-refractivity contribution in [2.75, 3.05) is 19.6 Å². The zero-order valence-corrected chi connectivity index (χ0v) is 15.1. The highest BCUT2D eigenvalue weighted by Gasteiger charge is 2.15. The average molecular weight is 349 g/mol. The van der Waals surface area contributed by atoms with Gasteiger partial charge in [0.1, 0.15) is 5.60 Å². The molecule has 138 valence electrons. The summed E-state index contributed by atoms with van der Waals surface area (Å²) in [5.74, 6) is -0.291. The number of rotatable bonds is 8. The number of hydrogen-bond donors (Lipinski definition) is 3. The van der Waals surface area contributed by atoms with Crippen LogP contribution >= 0.6 is 0 Å². The molecule has 25 heavy (non-hydrogen) atoms. The van der Waals surface area contributed by atoms with Crippen LogP contribution in [0.3, 0.4) is 0 Å². The van der Waals surface area contributed by atoms with Gasteiger partial charge in [0.05, 0.1) is 6.42 Å². The highest BCUT2D eigenvalue weighted by molar-refractivity contribution is 5.79. The van der Waals surface area contributed by atoms with E-state index < -0.39 is 11.7 Å². The highest BCUT2D eigenvalue weighted by Crippen LogP contribution is 2.06. The van der Waals surface area contributed by atoms with Gasteiger partial charge in [-0.15, -0.1) is 0 Å². The zero-order chi connectivity index (χ0) is 18.7. The molecule has 0 heterocycles. The van der Waals surface area contributed by atoms with E-state index in [1.54, 1.807) is 20.8 Å². The molecule has 0 radical (unpaired) electrons. The van der Waals surface area contributed by atoms with Crippen LogP contribution in [-0.2, 0) is 20.7 Å². The van der Waals surface area contributed by atoms with Gasteiger partial charge in [0.2, 0.25) is 11.8 Å². The van der Waals surface area contributed by atoms with Crippen molar-refractivity contribution in [2.45, 2.75) is 39.2 Å². The minimum Gasteiger partial charge on any atom is -0.444 e. The van der Waals surface area contributed by atoms with Crippen molar-refractivity contribution in [2.24, 2.45) is 0 Å². The Hall–Kier alpha value is -2.57. The number of nitrogens with one attached hydrogen (secondary N) is 3. The van der Waals surface area contributed by atoms with Crippen molar-refractivity contribution < 1.29 is 19.1 Å². The highest BCUT2D eigenvalue weighted by atomic mass is 16.6. The maximum atomic E-state index is 11.7. The van der Waals surface area contributed by atoms with E-state index in [2.05, 4.69) is 16.0 Å². The summed E-state index contributed by atoms with van der Waals surface area (Å²) in [5, 5.41) is 7.94. The number of benzene rings is 1. The van der Waals surface area contributed by atoms with Crippen LogP contribution in [0.4, 0.5) is 4.79 Å². The van der Waals surface area contributed by atoms with Crippen molar-refractivity contribution in [3.05, 3.63) is 35.9 Å². The molecular weight excluding hydrogens is 322 g/mol. The van der Waals surface area contributed by atoms with Crippen LogP contribution in [0.25, 0.3) is 0 Å². The third kappa shape index (κ3) is 10.8. The molecule has 1 aromatic rings. The number of alkyl carbamates (subject to hydrolysis) is 1. The molecule has 0 spiro atoms. The lowest BCUT2D eigenvalue weighted by atomic mass is 10.1. The van der Waals surface area contributed by atoms with Crippen LogP contribution in [0.1, 0.15) is 32.8 Å². The van der Waals surface area contributed by atoms with Crippen LogP contribution in [0.2, 0.25) is 0 Å². The minimum absolute atomic E-state index is 0.0907. The van der Waals surface area contributed by atoms with Crippen LogP contribution in [0, 0.1) is 0 Å². The lowest BCUT2D eigenvalue weighted by Gasteiger charge is -2.19. The summed E-state index contributed by atoms with van der Waals surface area (Å²) in [6.45, 7) is 6.20. The van der Waals surface area contributed by atoms with Crippen LogP contribution < -0.4 is 16.0 Å². The molecule has 0 aliphatic rings. The monoisotopic (exact) mass is 349 g/mol. The predicted octanol–water partition coefficient (Wildman–Crippen LogP) is 1.38. The summed E-state index contributed by atoms with van der Waals surface area (Å²) in [6, 6.07) is 9.44. The molecule has 0 saturated carbocycles. The Labute approximate surface area is 148 Å². The van der Waals surface area contributed by atoms with Gasteiger partial charge < -0.3 is 20.7 Å².